The summed E-state index contributed by atoms with van der Waals surface area (Å²) in [5, 5.41) is 0. The van der Waals surface area contributed by atoms with E-state index in [9.17, 15) is 0 Å². The second kappa shape index (κ2) is 4.10. The highest BCUT2D eigenvalue weighted by Crippen LogP contribution is 2.48. The van der Waals surface area contributed by atoms with E-state index in [1.54, 1.807) is 7.11 Å². The maximum atomic E-state index is 5.33. The number of hydrogen-bond acceptors (Lipinski definition) is 2. The lowest BCUT2D eigenvalue weighted by Crippen LogP contribution is -2.22. The maximum absolute atomic E-state index is 5.33. The Morgan fingerprint density at radius 3 is 2.65 bits per heavy atom. The van der Waals surface area contributed by atoms with E-state index >= 15 is 0 Å². The van der Waals surface area contributed by atoms with Crippen LogP contribution in [0.5, 0.6) is 5.75 Å². The zero-order chi connectivity index (χ0) is 12.6. The summed E-state index contributed by atoms with van der Waals surface area (Å²) in [6.45, 7) is 6.73. The molecule has 0 fully saturated rings. The van der Waals surface area contributed by atoms with Crippen molar-refractivity contribution in [2.75, 3.05) is 19.1 Å². The third kappa shape index (κ3) is 1.72. The molecule has 2 rings (SSSR count). The van der Waals surface area contributed by atoms with Crippen LogP contribution in [0.2, 0.25) is 0 Å². The molecule has 1 aliphatic rings. The predicted molar refractivity (Wildman–Crippen MR) is 72.8 cm³/mol. The fourth-order valence-electron chi connectivity index (χ4n) is 2.71. The molecule has 92 valence electrons. The first kappa shape index (κ1) is 12.0. The lowest BCUT2D eigenvalue weighted by molar-refractivity contribution is 0.413. The second-order valence-corrected chi connectivity index (χ2v) is 5.06. The maximum Gasteiger partial charge on any atom is 0.119 e. The van der Waals surface area contributed by atoms with E-state index < -0.39 is 0 Å². The van der Waals surface area contributed by atoms with E-state index in [1.807, 2.05) is 6.07 Å². The summed E-state index contributed by atoms with van der Waals surface area (Å²) in [6, 6.07) is 6.33. The fraction of sp³-hybridized carbons (Fsp3) is 0.467. The molecule has 0 radical (unpaired) electrons. The van der Waals surface area contributed by atoms with Crippen LogP contribution in [-0.4, -0.2) is 14.2 Å². The number of anilines is 1. The van der Waals surface area contributed by atoms with Crippen molar-refractivity contribution < 1.29 is 4.74 Å². The Kier molecular flexibility index (Phi) is 2.90. The molecule has 0 N–H and O–H groups in total. The van der Waals surface area contributed by atoms with E-state index in [-0.39, 0.29) is 5.41 Å². The van der Waals surface area contributed by atoms with Gasteiger partial charge in [-0.1, -0.05) is 26.8 Å². The third-order valence-electron chi connectivity index (χ3n) is 3.64. The minimum absolute atomic E-state index is 0.0641. The molecule has 1 aromatic rings. The van der Waals surface area contributed by atoms with Gasteiger partial charge in [0.2, 0.25) is 0 Å². The smallest absolute Gasteiger partial charge is 0.119 e. The van der Waals surface area contributed by atoms with Gasteiger partial charge in [-0.3, -0.25) is 0 Å². The number of likely N-dealkylation sites (N-methyl/N-ethyl adjacent to an activating group) is 1. The van der Waals surface area contributed by atoms with E-state index in [2.05, 4.69) is 50.9 Å². The van der Waals surface area contributed by atoms with E-state index in [4.69, 9.17) is 4.74 Å². The van der Waals surface area contributed by atoms with Crippen molar-refractivity contribution in [2.24, 2.45) is 0 Å². The minimum atomic E-state index is 0.0641. The van der Waals surface area contributed by atoms with Gasteiger partial charge in [0, 0.05) is 23.8 Å². The van der Waals surface area contributed by atoms with Crippen molar-refractivity contribution in [3.63, 3.8) is 0 Å². The molecule has 0 spiro atoms. The molecule has 0 atom stereocenters. The molecule has 1 heterocycles. The van der Waals surface area contributed by atoms with Crippen LogP contribution in [-0.2, 0) is 5.41 Å². The van der Waals surface area contributed by atoms with Gasteiger partial charge in [0.15, 0.2) is 0 Å². The zero-order valence-corrected chi connectivity index (χ0v) is 11.4. The van der Waals surface area contributed by atoms with Crippen molar-refractivity contribution in [3.8, 4) is 5.75 Å². The number of benzene rings is 1. The standard InChI is InChI=1S/C15H21NO/c1-6-7-14-15(2,3)12-10-11(17-5)8-9-13(12)16(14)4/h7-10H,6H2,1-5H3/b14-7+. The van der Waals surface area contributed by atoms with Crippen molar-refractivity contribution in [1.82, 2.24) is 0 Å². The van der Waals surface area contributed by atoms with Crippen LogP contribution in [0.4, 0.5) is 5.69 Å². The normalized spacial score (nSPS) is 19.6. The van der Waals surface area contributed by atoms with E-state index in [0.29, 0.717) is 0 Å². The molecule has 0 aromatic heterocycles. The highest BCUT2D eigenvalue weighted by molar-refractivity contribution is 5.71. The van der Waals surface area contributed by atoms with Crippen LogP contribution >= 0.6 is 0 Å². The summed E-state index contributed by atoms with van der Waals surface area (Å²) in [4.78, 5) is 2.29. The molecular weight excluding hydrogens is 210 g/mol. The Labute approximate surface area is 104 Å². The molecule has 0 amide bonds. The molecule has 2 heteroatoms. The van der Waals surface area contributed by atoms with Gasteiger partial charge in [-0.25, -0.2) is 0 Å². The molecule has 0 aliphatic carbocycles. The molecule has 0 saturated carbocycles. The highest BCUT2D eigenvalue weighted by atomic mass is 16.5. The summed E-state index contributed by atoms with van der Waals surface area (Å²) >= 11 is 0. The van der Waals surface area contributed by atoms with Crippen LogP contribution in [0.1, 0.15) is 32.8 Å². The average Bonchev–Trinajstić information content (AvgIpc) is 2.51. The summed E-state index contributed by atoms with van der Waals surface area (Å²) < 4.78 is 5.33. The van der Waals surface area contributed by atoms with Crippen molar-refractivity contribution in [2.45, 2.75) is 32.6 Å². The van der Waals surface area contributed by atoms with Gasteiger partial charge in [0.25, 0.3) is 0 Å². The molecule has 0 bridgehead atoms. The Bertz CT molecular complexity index is 460. The molecule has 1 aliphatic heterocycles. The third-order valence-corrected chi connectivity index (χ3v) is 3.64. The quantitative estimate of drug-likeness (QED) is 0.769. The fourth-order valence-corrected chi connectivity index (χ4v) is 2.71. The number of nitrogens with zero attached hydrogens (tertiary/aromatic N) is 1. The Hall–Kier alpha value is -1.44. The number of methoxy groups -OCH3 is 1. The number of rotatable bonds is 2. The monoisotopic (exact) mass is 231 g/mol. The first-order chi connectivity index (χ1) is 8.02. The van der Waals surface area contributed by atoms with Gasteiger partial charge in [0.05, 0.1) is 7.11 Å². The summed E-state index contributed by atoms with van der Waals surface area (Å²) in [5.74, 6) is 0.933. The van der Waals surface area contributed by atoms with E-state index in [0.717, 1.165) is 12.2 Å². The molecule has 2 nitrogen and oxygen atoms in total. The van der Waals surface area contributed by atoms with Gasteiger partial charge < -0.3 is 9.64 Å². The van der Waals surface area contributed by atoms with Crippen LogP contribution in [0.3, 0.4) is 0 Å². The first-order valence-electron chi connectivity index (χ1n) is 6.15. The van der Waals surface area contributed by atoms with Crippen LogP contribution in [0.25, 0.3) is 0 Å². The van der Waals surface area contributed by atoms with Crippen LogP contribution < -0.4 is 9.64 Å². The highest BCUT2D eigenvalue weighted by Gasteiger charge is 2.38. The van der Waals surface area contributed by atoms with Gasteiger partial charge in [-0.05, 0) is 30.2 Å². The summed E-state index contributed by atoms with van der Waals surface area (Å²) in [7, 11) is 3.86. The molecule has 0 saturated heterocycles. The molecule has 17 heavy (non-hydrogen) atoms. The van der Waals surface area contributed by atoms with Gasteiger partial charge in [0.1, 0.15) is 5.75 Å². The van der Waals surface area contributed by atoms with Crippen molar-refractivity contribution >= 4 is 5.69 Å². The topological polar surface area (TPSA) is 12.5 Å². The van der Waals surface area contributed by atoms with Crippen LogP contribution in [0.15, 0.2) is 30.0 Å². The van der Waals surface area contributed by atoms with Crippen LogP contribution in [0, 0.1) is 0 Å². The summed E-state index contributed by atoms with van der Waals surface area (Å²) in [6.07, 6.45) is 3.38. The Morgan fingerprint density at radius 1 is 1.35 bits per heavy atom. The van der Waals surface area contributed by atoms with E-state index in [1.165, 1.54) is 16.9 Å². The van der Waals surface area contributed by atoms with Gasteiger partial charge >= 0.3 is 0 Å². The molecular formula is C15H21NO. The van der Waals surface area contributed by atoms with Crippen molar-refractivity contribution in [1.29, 1.82) is 0 Å². The SMILES string of the molecule is CC/C=C1/N(C)c2ccc(OC)cc2C1(C)C. The Morgan fingerprint density at radius 2 is 2.06 bits per heavy atom. The summed E-state index contributed by atoms with van der Waals surface area (Å²) in [5.41, 5.74) is 4.08. The molecule has 1 aromatic carbocycles. The van der Waals surface area contributed by atoms with Gasteiger partial charge in [-0.2, -0.15) is 0 Å². The largest absolute Gasteiger partial charge is 0.497 e. The lowest BCUT2D eigenvalue weighted by Gasteiger charge is -2.24. The Balaban J connectivity index is 2.58. The zero-order valence-electron chi connectivity index (χ0n) is 11.4. The average molecular weight is 231 g/mol. The number of ether oxygens (including phenoxy) is 1. The number of hydrogen-bond donors (Lipinski definition) is 0. The minimum Gasteiger partial charge on any atom is -0.497 e. The second-order valence-electron chi connectivity index (χ2n) is 5.06. The number of allylic oxidation sites excluding steroid dienone is 2. The predicted octanol–water partition coefficient (Wildman–Crippen LogP) is 3.72. The number of fused-ring (bicyclic) bond motifs is 1. The molecule has 0 unspecified atom stereocenters. The van der Waals surface area contributed by atoms with Crippen molar-refractivity contribution in [3.05, 3.63) is 35.5 Å². The lowest BCUT2D eigenvalue weighted by atomic mass is 9.83. The van der Waals surface area contributed by atoms with Gasteiger partial charge in [-0.15, -0.1) is 0 Å². The first-order valence-corrected chi connectivity index (χ1v) is 6.15.